The SMILES string of the molecule is Cc1cc(C#N)c(N2CCC(F)(c3nncn3C)CC2)c(Br)n1. The fourth-order valence-electron chi connectivity index (χ4n) is 3.01. The van der Waals surface area contributed by atoms with Crippen molar-refractivity contribution in [3.05, 3.63) is 34.1 Å². The van der Waals surface area contributed by atoms with Crippen molar-refractivity contribution >= 4 is 21.6 Å². The van der Waals surface area contributed by atoms with Gasteiger partial charge in [0.05, 0.1) is 11.3 Å². The molecule has 1 saturated heterocycles. The molecule has 3 rings (SSSR count). The van der Waals surface area contributed by atoms with Crippen LogP contribution in [0.2, 0.25) is 0 Å². The van der Waals surface area contributed by atoms with E-state index in [2.05, 4.69) is 37.2 Å². The molecule has 2 aromatic rings. The van der Waals surface area contributed by atoms with Crippen LogP contribution >= 0.6 is 15.9 Å². The first-order chi connectivity index (χ1) is 10.9. The van der Waals surface area contributed by atoms with Gasteiger partial charge in [0, 0.05) is 38.7 Å². The maximum absolute atomic E-state index is 15.2. The zero-order chi connectivity index (χ0) is 16.6. The first kappa shape index (κ1) is 15.9. The molecule has 0 aliphatic carbocycles. The van der Waals surface area contributed by atoms with Crippen molar-refractivity contribution in [1.82, 2.24) is 19.7 Å². The summed E-state index contributed by atoms with van der Waals surface area (Å²) in [4.78, 5) is 6.36. The lowest BCUT2D eigenvalue weighted by Crippen LogP contribution is -2.42. The lowest BCUT2D eigenvalue weighted by atomic mass is 9.92. The number of nitrogens with zero attached hydrogens (tertiary/aromatic N) is 6. The minimum atomic E-state index is -1.49. The number of aromatic nitrogens is 4. The average Bonchev–Trinajstić information content (AvgIpc) is 2.95. The fraction of sp³-hybridized carbons (Fsp3) is 0.467. The number of anilines is 1. The van der Waals surface area contributed by atoms with E-state index in [1.165, 1.54) is 6.33 Å². The number of hydrogen-bond acceptors (Lipinski definition) is 5. The van der Waals surface area contributed by atoms with Crippen LogP contribution in [0.5, 0.6) is 0 Å². The average molecular weight is 379 g/mol. The van der Waals surface area contributed by atoms with Crippen LogP contribution in [0.25, 0.3) is 0 Å². The van der Waals surface area contributed by atoms with Gasteiger partial charge in [0.25, 0.3) is 0 Å². The summed E-state index contributed by atoms with van der Waals surface area (Å²) in [6.45, 7) is 2.81. The smallest absolute Gasteiger partial charge is 0.173 e. The number of piperidine rings is 1. The Labute approximate surface area is 142 Å². The Balaban J connectivity index is 1.86. The standard InChI is InChI=1S/C15H16BrFN6/c1-10-7-11(8-18)12(13(16)20-10)23-5-3-15(17,4-6-23)14-21-19-9-22(14)2/h7,9H,3-6H2,1-2H3. The van der Waals surface area contributed by atoms with Crippen molar-refractivity contribution in [2.45, 2.75) is 25.4 Å². The molecule has 1 aliphatic heterocycles. The number of aryl methyl sites for hydroxylation is 2. The number of alkyl halides is 1. The molecule has 6 nitrogen and oxygen atoms in total. The summed E-state index contributed by atoms with van der Waals surface area (Å²) in [7, 11) is 1.75. The summed E-state index contributed by atoms with van der Waals surface area (Å²) in [6.07, 6.45) is 2.10. The molecule has 0 aromatic carbocycles. The van der Waals surface area contributed by atoms with Crippen molar-refractivity contribution in [3.8, 4) is 6.07 Å². The molecule has 0 spiro atoms. The van der Waals surface area contributed by atoms with Crippen molar-refractivity contribution in [1.29, 1.82) is 5.26 Å². The number of rotatable bonds is 2. The van der Waals surface area contributed by atoms with Gasteiger partial charge in [0.2, 0.25) is 0 Å². The van der Waals surface area contributed by atoms with E-state index in [-0.39, 0.29) is 0 Å². The van der Waals surface area contributed by atoms with Gasteiger partial charge in [0.15, 0.2) is 11.5 Å². The number of pyridine rings is 1. The minimum Gasteiger partial charge on any atom is -0.368 e. The first-order valence-corrected chi connectivity index (χ1v) is 8.09. The highest BCUT2D eigenvalue weighted by molar-refractivity contribution is 9.10. The molecule has 120 valence electrons. The van der Waals surface area contributed by atoms with Crippen LogP contribution < -0.4 is 4.90 Å². The van der Waals surface area contributed by atoms with Crippen LogP contribution in [-0.2, 0) is 12.7 Å². The van der Waals surface area contributed by atoms with E-state index >= 15 is 4.39 Å². The Hall–Kier alpha value is -2.01. The van der Waals surface area contributed by atoms with Gasteiger partial charge in [-0.1, -0.05) is 0 Å². The van der Waals surface area contributed by atoms with E-state index in [0.717, 1.165) is 11.4 Å². The molecule has 8 heteroatoms. The maximum Gasteiger partial charge on any atom is 0.173 e. The topological polar surface area (TPSA) is 70.6 Å². The van der Waals surface area contributed by atoms with Gasteiger partial charge in [0.1, 0.15) is 17.0 Å². The second-order valence-electron chi connectivity index (χ2n) is 5.78. The Kier molecular flexibility index (Phi) is 4.06. The summed E-state index contributed by atoms with van der Waals surface area (Å²) in [5.74, 6) is 0.360. The Morgan fingerprint density at radius 1 is 1.39 bits per heavy atom. The highest BCUT2D eigenvalue weighted by Crippen LogP contribution is 2.39. The fourth-order valence-corrected chi connectivity index (χ4v) is 3.76. The lowest BCUT2D eigenvalue weighted by molar-refractivity contribution is 0.109. The number of halogens is 2. The molecule has 0 amide bonds. The Morgan fingerprint density at radius 2 is 2.09 bits per heavy atom. The van der Waals surface area contributed by atoms with Gasteiger partial charge < -0.3 is 9.47 Å². The van der Waals surface area contributed by atoms with Gasteiger partial charge in [-0.3, -0.25) is 0 Å². The van der Waals surface area contributed by atoms with Crippen LogP contribution in [-0.4, -0.2) is 32.8 Å². The summed E-state index contributed by atoms with van der Waals surface area (Å²) >= 11 is 3.43. The van der Waals surface area contributed by atoms with E-state index in [1.807, 2.05) is 11.8 Å². The molecule has 0 atom stereocenters. The van der Waals surface area contributed by atoms with Crippen molar-refractivity contribution in [2.75, 3.05) is 18.0 Å². The molecule has 0 unspecified atom stereocenters. The van der Waals surface area contributed by atoms with Crippen LogP contribution in [0, 0.1) is 18.3 Å². The number of hydrogen-bond donors (Lipinski definition) is 0. The second kappa shape index (κ2) is 5.89. The van der Waals surface area contributed by atoms with Gasteiger partial charge in [-0.05, 0) is 28.9 Å². The quantitative estimate of drug-likeness (QED) is 0.751. The van der Waals surface area contributed by atoms with Crippen LogP contribution in [0.4, 0.5) is 10.1 Å². The van der Waals surface area contributed by atoms with E-state index in [4.69, 9.17) is 0 Å². The molecule has 0 saturated carbocycles. The van der Waals surface area contributed by atoms with Crippen LogP contribution in [0.15, 0.2) is 17.0 Å². The third-order valence-corrected chi connectivity index (χ3v) is 4.74. The molecular weight excluding hydrogens is 363 g/mol. The van der Waals surface area contributed by atoms with E-state index in [9.17, 15) is 5.26 Å². The molecule has 3 heterocycles. The molecule has 1 aliphatic rings. The summed E-state index contributed by atoms with van der Waals surface area (Å²) in [6, 6.07) is 3.95. The van der Waals surface area contributed by atoms with Crippen molar-refractivity contribution in [2.24, 2.45) is 7.05 Å². The second-order valence-corrected chi connectivity index (χ2v) is 6.53. The molecule has 0 bridgehead atoms. The predicted molar refractivity (Wildman–Crippen MR) is 86.6 cm³/mol. The maximum atomic E-state index is 15.2. The third-order valence-electron chi connectivity index (χ3n) is 4.18. The van der Waals surface area contributed by atoms with Crippen LogP contribution in [0.3, 0.4) is 0 Å². The predicted octanol–water partition coefficient (Wildman–Crippen LogP) is 2.62. The molecule has 0 N–H and O–H groups in total. The molecule has 0 radical (unpaired) electrons. The molecule has 1 fully saturated rings. The zero-order valence-electron chi connectivity index (χ0n) is 12.9. The normalized spacial score (nSPS) is 17.1. The monoisotopic (exact) mass is 378 g/mol. The Bertz CT molecular complexity index is 773. The number of nitriles is 1. The van der Waals surface area contributed by atoms with Gasteiger partial charge in [-0.25, -0.2) is 9.37 Å². The third kappa shape index (κ3) is 2.81. The largest absolute Gasteiger partial charge is 0.368 e. The summed E-state index contributed by atoms with van der Waals surface area (Å²) in [5.41, 5.74) is 0.569. The minimum absolute atomic E-state index is 0.296. The van der Waals surface area contributed by atoms with Gasteiger partial charge in [-0.2, -0.15) is 5.26 Å². The highest BCUT2D eigenvalue weighted by Gasteiger charge is 2.40. The van der Waals surface area contributed by atoms with E-state index < -0.39 is 5.67 Å². The molecule has 23 heavy (non-hydrogen) atoms. The molecule has 2 aromatic heterocycles. The Morgan fingerprint density at radius 3 is 2.65 bits per heavy atom. The highest BCUT2D eigenvalue weighted by atomic mass is 79.9. The van der Waals surface area contributed by atoms with E-state index in [1.54, 1.807) is 17.7 Å². The van der Waals surface area contributed by atoms with Crippen molar-refractivity contribution < 1.29 is 4.39 Å². The van der Waals surface area contributed by atoms with Crippen molar-refractivity contribution in [3.63, 3.8) is 0 Å². The zero-order valence-corrected chi connectivity index (χ0v) is 14.5. The van der Waals surface area contributed by atoms with E-state index in [0.29, 0.717) is 41.9 Å². The van der Waals surface area contributed by atoms with Gasteiger partial charge in [-0.15, -0.1) is 10.2 Å². The molecular formula is C15H16BrFN6. The van der Waals surface area contributed by atoms with Crippen LogP contribution in [0.1, 0.15) is 29.9 Å². The van der Waals surface area contributed by atoms with Gasteiger partial charge >= 0.3 is 0 Å². The first-order valence-electron chi connectivity index (χ1n) is 7.30. The lowest BCUT2D eigenvalue weighted by Gasteiger charge is -2.37. The summed E-state index contributed by atoms with van der Waals surface area (Å²) in [5, 5.41) is 17.1. The summed E-state index contributed by atoms with van der Waals surface area (Å²) < 4.78 is 17.4.